The minimum atomic E-state index is -0.0344. The third-order valence-corrected chi connectivity index (χ3v) is 7.15. The molecule has 0 aliphatic carbocycles. The minimum Gasteiger partial charge on any atom is -0.349 e. The molecule has 1 fully saturated rings. The smallest absolute Gasteiger partial charge is 0.251 e. The number of carbonyl (C=O) groups is 2. The van der Waals surface area contributed by atoms with Gasteiger partial charge >= 0.3 is 0 Å². The van der Waals surface area contributed by atoms with Crippen LogP contribution in [0.1, 0.15) is 34.5 Å². The van der Waals surface area contributed by atoms with Crippen molar-refractivity contribution in [2.24, 2.45) is 0 Å². The van der Waals surface area contributed by atoms with Gasteiger partial charge in [-0.05, 0) is 31.4 Å². The van der Waals surface area contributed by atoms with Crippen molar-refractivity contribution < 1.29 is 9.59 Å². The van der Waals surface area contributed by atoms with Crippen LogP contribution in [0.25, 0.3) is 16.2 Å². The lowest BCUT2D eigenvalue weighted by Gasteiger charge is -2.32. The van der Waals surface area contributed by atoms with E-state index in [1.165, 1.54) is 0 Å². The van der Waals surface area contributed by atoms with Gasteiger partial charge in [0.1, 0.15) is 0 Å². The molecule has 33 heavy (non-hydrogen) atoms. The van der Waals surface area contributed by atoms with Crippen LogP contribution in [0.15, 0.2) is 66.2 Å². The Morgan fingerprint density at radius 2 is 1.79 bits per heavy atom. The van der Waals surface area contributed by atoms with E-state index in [0.717, 1.165) is 40.3 Å². The van der Waals surface area contributed by atoms with E-state index in [0.29, 0.717) is 25.1 Å². The number of rotatable bonds is 5. The number of imidazole rings is 1. The van der Waals surface area contributed by atoms with Crippen molar-refractivity contribution in [3.63, 3.8) is 0 Å². The third-order valence-electron chi connectivity index (χ3n) is 6.26. The Balaban J connectivity index is 1.19. The zero-order chi connectivity index (χ0) is 22.8. The third kappa shape index (κ3) is 4.54. The molecule has 2 aromatic heterocycles. The molecule has 3 heterocycles. The van der Waals surface area contributed by atoms with Crippen molar-refractivity contribution in [1.29, 1.82) is 0 Å². The molecular weight excluding hydrogens is 432 g/mol. The number of hydrogen-bond donors (Lipinski definition) is 1. The Kier molecular flexibility index (Phi) is 5.96. The molecule has 0 spiro atoms. The van der Waals surface area contributed by atoms with Crippen LogP contribution in [0, 0.1) is 6.92 Å². The normalized spacial score (nSPS) is 14.5. The Bertz CT molecular complexity index is 1290. The van der Waals surface area contributed by atoms with Crippen LogP contribution < -0.4 is 5.32 Å². The van der Waals surface area contributed by atoms with Gasteiger partial charge in [0.25, 0.3) is 5.91 Å². The second-order valence-electron chi connectivity index (χ2n) is 8.49. The van der Waals surface area contributed by atoms with Crippen LogP contribution >= 0.6 is 11.3 Å². The first kappa shape index (κ1) is 21.4. The maximum atomic E-state index is 13.0. The molecule has 1 N–H and O–H groups in total. The van der Waals surface area contributed by atoms with Gasteiger partial charge < -0.3 is 10.2 Å². The number of piperidine rings is 1. The lowest BCUT2D eigenvalue weighted by molar-refractivity contribution is -0.131. The summed E-state index contributed by atoms with van der Waals surface area (Å²) >= 11 is 1.56. The number of aryl methyl sites for hydroxylation is 1. The second-order valence-corrected chi connectivity index (χ2v) is 9.33. The van der Waals surface area contributed by atoms with E-state index in [1.54, 1.807) is 11.3 Å². The Labute approximate surface area is 196 Å². The molecule has 2 aromatic carbocycles. The maximum absolute atomic E-state index is 13.0. The molecule has 1 aliphatic rings. The fraction of sp³-hybridized carbons (Fsp3) is 0.269. The Morgan fingerprint density at radius 3 is 2.55 bits per heavy atom. The average Bonchev–Trinajstić information content (AvgIpc) is 3.42. The standard InChI is InChI=1S/C26H26N4O2S/c1-18-7-5-6-10-22(18)25(32)27-20-11-13-29(14-12-20)24(31)15-21-17-33-26-28-23(16-30(21)26)19-8-3-2-4-9-19/h2-10,16-17,20H,11-15H2,1H3,(H,27,32). The van der Waals surface area contributed by atoms with E-state index < -0.39 is 0 Å². The van der Waals surface area contributed by atoms with E-state index in [4.69, 9.17) is 4.98 Å². The molecule has 6 nitrogen and oxygen atoms in total. The van der Waals surface area contributed by atoms with Crippen LogP contribution in [-0.2, 0) is 11.2 Å². The maximum Gasteiger partial charge on any atom is 0.251 e. The number of nitrogens with zero attached hydrogens (tertiary/aromatic N) is 3. The first-order valence-corrected chi connectivity index (χ1v) is 12.1. The molecular formula is C26H26N4O2S. The van der Waals surface area contributed by atoms with Crippen molar-refractivity contribution in [3.8, 4) is 11.3 Å². The number of hydrogen-bond acceptors (Lipinski definition) is 4. The zero-order valence-electron chi connectivity index (χ0n) is 18.5. The summed E-state index contributed by atoms with van der Waals surface area (Å²) in [4.78, 5) is 33.1. The SMILES string of the molecule is Cc1ccccc1C(=O)NC1CCN(C(=O)Cc2csc3nc(-c4ccccc4)cn23)CC1. The first-order valence-electron chi connectivity index (χ1n) is 11.2. The summed E-state index contributed by atoms with van der Waals surface area (Å²) in [7, 11) is 0. The summed E-state index contributed by atoms with van der Waals surface area (Å²) in [6.07, 6.45) is 3.90. The number of fused-ring (bicyclic) bond motifs is 1. The first-order chi connectivity index (χ1) is 16.1. The van der Waals surface area contributed by atoms with E-state index in [-0.39, 0.29) is 17.9 Å². The lowest BCUT2D eigenvalue weighted by atomic mass is 10.0. The van der Waals surface area contributed by atoms with Crippen LogP contribution in [0.5, 0.6) is 0 Å². The molecule has 1 saturated heterocycles. The predicted molar refractivity (Wildman–Crippen MR) is 130 cm³/mol. The highest BCUT2D eigenvalue weighted by molar-refractivity contribution is 7.15. The van der Waals surface area contributed by atoms with Crippen LogP contribution in [0.2, 0.25) is 0 Å². The quantitative estimate of drug-likeness (QED) is 0.484. The molecule has 0 bridgehead atoms. The molecule has 1 aliphatic heterocycles. The fourth-order valence-electron chi connectivity index (χ4n) is 4.34. The summed E-state index contributed by atoms with van der Waals surface area (Å²) < 4.78 is 2.03. The summed E-state index contributed by atoms with van der Waals surface area (Å²) in [5.41, 5.74) is 4.64. The van der Waals surface area contributed by atoms with Gasteiger partial charge in [0, 0.05) is 47.5 Å². The highest BCUT2D eigenvalue weighted by Gasteiger charge is 2.25. The molecule has 0 saturated carbocycles. The average molecular weight is 459 g/mol. The molecule has 0 radical (unpaired) electrons. The van der Waals surface area contributed by atoms with Crippen molar-refractivity contribution in [3.05, 3.63) is 83.0 Å². The van der Waals surface area contributed by atoms with Gasteiger partial charge in [0.05, 0.1) is 12.1 Å². The van der Waals surface area contributed by atoms with Crippen molar-refractivity contribution in [1.82, 2.24) is 19.6 Å². The summed E-state index contributed by atoms with van der Waals surface area (Å²) in [6.45, 7) is 3.26. The topological polar surface area (TPSA) is 66.7 Å². The van der Waals surface area contributed by atoms with E-state index in [1.807, 2.05) is 82.4 Å². The van der Waals surface area contributed by atoms with Crippen LogP contribution in [-0.4, -0.2) is 45.2 Å². The van der Waals surface area contributed by atoms with Crippen molar-refractivity contribution in [2.75, 3.05) is 13.1 Å². The fourth-order valence-corrected chi connectivity index (χ4v) is 5.21. The Hall–Kier alpha value is -3.45. The zero-order valence-corrected chi connectivity index (χ0v) is 19.3. The highest BCUT2D eigenvalue weighted by atomic mass is 32.1. The van der Waals surface area contributed by atoms with Gasteiger partial charge in [-0.15, -0.1) is 11.3 Å². The number of benzene rings is 2. The van der Waals surface area contributed by atoms with Crippen molar-refractivity contribution in [2.45, 2.75) is 32.2 Å². The van der Waals surface area contributed by atoms with Gasteiger partial charge in [-0.2, -0.15) is 0 Å². The number of likely N-dealkylation sites (tertiary alicyclic amines) is 1. The Morgan fingerprint density at radius 1 is 1.06 bits per heavy atom. The van der Waals surface area contributed by atoms with Gasteiger partial charge in [-0.3, -0.25) is 14.0 Å². The van der Waals surface area contributed by atoms with Gasteiger partial charge in [-0.1, -0.05) is 48.5 Å². The predicted octanol–water partition coefficient (Wildman–Crippen LogP) is 4.33. The lowest BCUT2D eigenvalue weighted by Crippen LogP contribution is -2.47. The molecule has 5 rings (SSSR count). The number of nitrogens with one attached hydrogen (secondary N) is 1. The van der Waals surface area contributed by atoms with E-state index >= 15 is 0 Å². The van der Waals surface area contributed by atoms with Gasteiger partial charge in [0.2, 0.25) is 5.91 Å². The second kappa shape index (κ2) is 9.19. The number of amides is 2. The van der Waals surface area contributed by atoms with E-state index in [2.05, 4.69) is 5.32 Å². The molecule has 0 unspecified atom stereocenters. The van der Waals surface area contributed by atoms with Crippen LogP contribution in [0.3, 0.4) is 0 Å². The number of thiazole rings is 1. The number of aromatic nitrogens is 2. The van der Waals surface area contributed by atoms with Crippen molar-refractivity contribution >= 4 is 28.1 Å². The van der Waals surface area contributed by atoms with Gasteiger partial charge in [0.15, 0.2) is 4.96 Å². The van der Waals surface area contributed by atoms with E-state index in [9.17, 15) is 9.59 Å². The molecule has 2 amide bonds. The van der Waals surface area contributed by atoms with Crippen LogP contribution in [0.4, 0.5) is 0 Å². The minimum absolute atomic E-state index is 0.0344. The molecule has 0 atom stereocenters. The molecule has 168 valence electrons. The molecule has 4 aromatic rings. The largest absolute Gasteiger partial charge is 0.349 e. The summed E-state index contributed by atoms with van der Waals surface area (Å²) in [6, 6.07) is 17.8. The summed E-state index contributed by atoms with van der Waals surface area (Å²) in [5, 5.41) is 5.15. The number of carbonyl (C=O) groups excluding carboxylic acids is 2. The molecule has 7 heteroatoms. The summed E-state index contributed by atoms with van der Waals surface area (Å²) in [5.74, 6) is 0.0845. The highest BCUT2D eigenvalue weighted by Crippen LogP contribution is 2.24. The van der Waals surface area contributed by atoms with Gasteiger partial charge in [-0.25, -0.2) is 4.98 Å². The monoisotopic (exact) mass is 458 g/mol.